The predicted molar refractivity (Wildman–Crippen MR) is 136 cm³/mol. The summed E-state index contributed by atoms with van der Waals surface area (Å²) in [6, 6.07) is 9.24. The lowest BCUT2D eigenvalue weighted by Crippen LogP contribution is -2.40. The van der Waals surface area contributed by atoms with Crippen LogP contribution in [0.4, 0.5) is 10.1 Å². The van der Waals surface area contributed by atoms with Gasteiger partial charge in [-0.1, -0.05) is 0 Å². The van der Waals surface area contributed by atoms with Gasteiger partial charge in [-0.15, -0.1) is 0 Å². The third kappa shape index (κ3) is 4.87. The first kappa shape index (κ1) is 24.8. The summed E-state index contributed by atoms with van der Waals surface area (Å²) in [7, 11) is -2.95. The van der Waals surface area contributed by atoms with E-state index < -0.39 is 23.0 Å². The van der Waals surface area contributed by atoms with E-state index >= 15 is 0 Å². The number of rotatable bonds is 7. The lowest BCUT2D eigenvalue weighted by molar-refractivity contribution is 0.0964. The van der Waals surface area contributed by atoms with Crippen molar-refractivity contribution in [3.63, 3.8) is 0 Å². The first-order valence-electron chi connectivity index (χ1n) is 12.0. The number of carbonyl (C=O) groups is 1. The average molecular weight is 514 g/mol. The number of nitrogens with zero attached hydrogens (tertiary/aromatic N) is 1. The second-order valence-corrected chi connectivity index (χ2v) is 11.5. The van der Waals surface area contributed by atoms with Crippen molar-refractivity contribution in [1.82, 2.24) is 5.32 Å². The summed E-state index contributed by atoms with van der Waals surface area (Å²) < 4.78 is 52.4. The largest absolute Gasteiger partial charge is 0.455 e. The topological polar surface area (TPSA) is 109 Å². The Morgan fingerprint density at radius 3 is 2.53 bits per heavy atom. The highest BCUT2D eigenvalue weighted by Gasteiger charge is 2.35. The fourth-order valence-electron chi connectivity index (χ4n) is 4.82. The molecule has 8 nitrogen and oxygen atoms in total. The van der Waals surface area contributed by atoms with E-state index in [1.165, 1.54) is 29.7 Å². The van der Waals surface area contributed by atoms with Gasteiger partial charge in [0, 0.05) is 37.2 Å². The summed E-state index contributed by atoms with van der Waals surface area (Å²) in [5.74, 6) is -0.347. The monoisotopic (exact) mass is 514 g/mol. The van der Waals surface area contributed by atoms with Crippen LogP contribution in [0.5, 0.6) is 0 Å². The Kier molecular flexibility index (Phi) is 6.56. The minimum Gasteiger partial charge on any atom is -0.455 e. The summed E-state index contributed by atoms with van der Waals surface area (Å²) in [4.78, 5) is 12.9. The van der Waals surface area contributed by atoms with Crippen LogP contribution in [0.3, 0.4) is 0 Å². The van der Waals surface area contributed by atoms with E-state index in [4.69, 9.17) is 9.07 Å². The van der Waals surface area contributed by atoms with Gasteiger partial charge in [-0.05, 0) is 73.3 Å². The van der Waals surface area contributed by atoms with E-state index in [0.717, 1.165) is 18.4 Å². The summed E-state index contributed by atoms with van der Waals surface area (Å²) in [5.41, 5.74) is 2.62. The molecule has 2 aromatic carbocycles. The molecule has 1 unspecified atom stereocenters. The van der Waals surface area contributed by atoms with Gasteiger partial charge in [0.05, 0.1) is 17.5 Å². The minimum absolute atomic E-state index is 0.0707. The highest BCUT2D eigenvalue weighted by Crippen LogP contribution is 2.48. The van der Waals surface area contributed by atoms with Crippen molar-refractivity contribution in [2.45, 2.75) is 31.5 Å². The Labute approximate surface area is 209 Å². The lowest BCUT2D eigenvalue weighted by atomic mass is 9.77. The van der Waals surface area contributed by atoms with Gasteiger partial charge in [0.25, 0.3) is 5.91 Å². The molecular weight excluding hydrogens is 486 g/mol. The number of amides is 1. The molecule has 1 amide bonds. The van der Waals surface area contributed by atoms with Crippen LogP contribution in [-0.2, 0) is 14.7 Å². The number of fused-ring (bicyclic) bond motifs is 1. The van der Waals surface area contributed by atoms with Gasteiger partial charge in [0.1, 0.15) is 17.2 Å². The Morgan fingerprint density at radius 1 is 1.22 bits per heavy atom. The summed E-state index contributed by atoms with van der Waals surface area (Å²) in [5, 5.41) is 12.9. The molecular formula is C25H28BFN2O6S. The molecule has 0 radical (unpaired) electrons. The van der Waals surface area contributed by atoms with Crippen molar-refractivity contribution in [3.05, 3.63) is 53.3 Å². The van der Waals surface area contributed by atoms with Crippen LogP contribution in [0, 0.1) is 11.7 Å². The van der Waals surface area contributed by atoms with Crippen molar-refractivity contribution in [1.29, 1.82) is 0 Å². The first-order chi connectivity index (χ1) is 17.2. The van der Waals surface area contributed by atoms with E-state index in [2.05, 4.69) is 5.32 Å². The number of carbonyl (C=O) groups excluding carboxylic acids is 1. The fourth-order valence-corrected chi connectivity index (χ4v) is 5.82. The Hall–Kier alpha value is -2.89. The highest BCUT2D eigenvalue weighted by atomic mass is 32.2. The lowest BCUT2D eigenvalue weighted by Gasteiger charge is -2.31. The SMILES string of the molecule is CNC(=O)c1c(-c2ccc(F)cc2)oc2cc(N(CC3CCB(O)OC3)S(C)(=O)=O)c(C3CC3)cc12. The van der Waals surface area contributed by atoms with E-state index in [9.17, 15) is 22.6 Å². The van der Waals surface area contributed by atoms with Crippen molar-refractivity contribution in [2.75, 3.05) is 30.8 Å². The van der Waals surface area contributed by atoms with Gasteiger partial charge in [0.15, 0.2) is 0 Å². The van der Waals surface area contributed by atoms with Gasteiger partial charge < -0.3 is 19.4 Å². The zero-order valence-electron chi connectivity index (χ0n) is 20.2. The molecule has 2 aliphatic rings. The smallest absolute Gasteiger partial charge is 0.454 e. The van der Waals surface area contributed by atoms with Crippen LogP contribution in [0.2, 0.25) is 6.32 Å². The molecule has 5 rings (SSSR count). The fraction of sp³-hybridized carbons (Fsp3) is 0.400. The summed E-state index contributed by atoms with van der Waals surface area (Å²) >= 11 is 0. The first-order valence-corrected chi connectivity index (χ1v) is 13.9. The Morgan fingerprint density at radius 2 is 1.94 bits per heavy atom. The van der Waals surface area contributed by atoms with Gasteiger partial charge in [-0.2, -0.15) is 0 Å². The van der Waals surface area contributed by atoms with Crippen molar-refractivity contribution < 1.29 is 31.7 Å². The molecule has 0 bridgehead atoms. The highest BCUT2D eigenvalue weighted by molar-refractivity contribution is 7.92. The van der Waals surface area contributed by atoms with Crippen LogP contribution in [0.15, 0.2) is 40.8 Å². The number of nitrogens with one attached hydrogen (secondary N) is 1. The molecule has 2 heterocycles. The average Bonchev–Trinajstić information content (AvgIpc) is 3.62. The summed E-state index contributed by atoms with van der Waals surface area (Å²) in [6.07, 6.45) is 4.12. The molecule has 3 aromatic rings. The molecule has 2 N–H and O–H groups in total. The molecule has 2 fully saturated rings. The Balaban J connectivity index is 1.66. The van der Waals surface area contributed by atoms with Crippen molar-refractivity contribution >= 4 is 39.7 Å². The van der Waals surface area contributed by atoms with Crippen molar-refractivity contribution in [2.24, 2.45) is 5.92 Å². The molecule has 1 saturated carbocycles. The second kappa shape index (κ2) is 9.53. The Bertz CT molecular complexity index is 1400. The number of halogens is 1. The van der Waals surface area contributed by atoms with Crippen LogP contribution >= 0.6 is 0 Å². The second-order valence-electron chi connectivity index (χ2n) is 9.60. The molecule has 1 saturated heterocycles. The zero-order valence-corrected chi connectivity index (χ0v) is 21.0. The standard InChI is InChI=1S/C25H28BFN2O6S/c1-28-25(30)23-20-11-19(16-3-4-16)21(12-22(20)35-24(23)17-5-7-18(27)8-6-17)29(36(2,32)33)13-15-9-10-26(31)34-14-15/h5-8,11-12,15-16,31H,3-4,9-10,13-14H2,1-2H3,(H,28,30). The van der Waals surface area contributed by atoms with Crippen LogP contribution in [-0.4, -0.2) is 52.9 Å². The van der Waals surface area contributed by atoms with Crippen LogP contribution in [0.25, 0.3) is 22.3 Å². The molecule has 1 aliphatic heterocycles. The van der Waals surface area contributed by atoms with Crippen molar-refractivity contribution in [3.8, 4) is 11.3 Å². The number of anilines is 1. The number of furan rings is 1. The molecule has 190 valence electrons. The third-order valence-electron chi connectivity index (χ3n) is 6.85. The molecule has 1 atom stereocenters. The van der Waals surface area contributed by atoms with Crippen LogP contribution in [0.1, 0.15) is 41.1 Å². The zero-order chi connectivity index (χ0) is 25.6. The molecule has 11 heteroatoms. The van der Waals surface area contributed by atoms with E-state index in [-0.39, 0.29) is 30.9 Å². The number of hydrogen-bond donors (Lipinski definition) is 2. The number of sulfonamides is 1. The third-order valence-corrected chi connectivity index (χ3v) is 8.00. The van der Waals surface area contributed by atoms with Gasteiger partial charge in [-0.3, -0.25) is 9.10 Å². The summed E-state index contributed by atoms with van der Waals surface area (Å²) in [6.45, 7) is 0.481. The molecule has 36 heavy (non-hydrogen) atoms. The normalized spacial score (nSPS) is 18.4. The molecule has 1 aliphatic carbocycles. The van der Waals surface area contributed by atoms with Crippen LogP contribution < -0.4 is 9.62 Å². The predicted octanol–water partition coefficient (Wildman–Crippen LogP) is 3.76. The maximum absolute atomic E-state index is 13.6. The minimum atomic E-state index is -3.66. The maximum Gasteiger partial charge on any atom is 0.454 e. The number of hydrogen-bond acceptors (Lipinski definition) is 6. The molecule has 1 aromatic heterocycles. The van der Waals surface area contributed by atoms with Gasteiger partial charge >= 0.3 is 7.12 Å². The van der Waals surface area contributed by atoms with E-state index in [1.807, 2.05) is 6.07 Å². The maximum atomic E-state index is 13.6. The van der Waals surface area contributed by atoms with E-state index in [1.54, 1.807) is 18.2 Å². The molecule has 0 spiro atoms. The van der Waals surface area contributed by atoms with E-state index in [0.29, 0.717) is 46.3 Å². The van der Waals surface area contributed by atoms with Gasteiger partial charge in [0.2, 0.25) is 10.0 Å². The number of benzene rings is 2. The van der Waals surface area contributed by atoms with Gasteiger partial charge in [-0.25, -0.2) is 12.8 Å². The quantitative estimate of drug-likeness (QED) is 0.465.